The fourth-order valence-electron chi connectivity index (χ4n) is 5.23. The lowest BCUT2D eigenvalue weighted by Crippen LogP contribution is -2.32. The van der Waals surface area contributed by atoms with E-state index in [0.29, 0.717) is 32.5 Å². The molecule has 2 saturated heterocycles. The molecule has 0 saturated carbocycles. The van der Waals surface area contributed by atoms with Crippen molar-refractivity contribution in [2.24, 2.45) is 0 Å². The second-order valence-electron chi connectivity index (χ2n) is 9.32. The molecule has 0 aliphatic carbocycles. The monoisotopic (exact) mass is 444 g/mol. The number of fused-ring (bicyclic) bond motifs is 1. The minimum Gasteiger partial charge on any atom is -0.343 e. The quantitative estimate of drug-likeness (QED) is 0.568. The van der Waals surface area contributed by atoms with E-state index in [4.69, 9.17) is 4.98 Å². The number of aryl methyl sites for hydroxylation is 1. The first-order valence-electron chi connectivity index (χ1n) is 12.2. The largest absolute Gasteiger partial charge is 0.343 e. The zero-order chi connectivity index (χ0) is 22.6. The van der Waals surface area contributed by atoms with Crippen LogP contribution in [0.3, 0.4) is 0 Å². The van der Waals surface area contributed by atoms with Gasteiger partial charge < -0.3 is 14.4 Å². The second kappa shape index (κ2) is 9.77. The van der Waals surface area contributed by atoms with Crippen LogP contribution in [0.1, 0.15) is 55.8 Å². The molecule has 2 aliphatic heterocycles. The van der Waals surface area contributed by atoms with Crippen LogP contribution in [0, 0.1) is 0 Å². The van der Waals surface area contributed by atoms with Crippen molar-refractivity contribution in [2.75, 3.05) is 19.6 Å². The number of carbonyl (C=O) groups excluding carboxylic acids is 2. The summed E-state index contributed by atoms with van der Waals surface area (Å²) in [5.41, 5.74) is 3.12. The standard InChI is InChI=1S/C27H32N4O2/c32-25(29-15-8-1-2-9-16-29)14-17-31-24-13-7-6-12-23(24)28-27(31)22-18-26(33)30(20-22)19-21-10-4-3-5-11-21/h3-7,10-13,22H,1-2,8-9,14-20H2. The highest BCUT2D eigenvalue weighted by Gasteiger charge is 2.34. The Morgan fingerprint density at radius 3 is 2.45 bits per heavy atom. The van der Waals surface area contributed by atoms with Crippen LogP contribution in [-0.4, -0.2) is 50.8 Å². The molecule has 0 spiro atoms. The maximum absolute atomic E-state index is 13.0. The Morgan fingerprint density at radius 2 is 1.67 bits per heavy atom. The van der Waals surface area contributed by atoms with Gasteiger partial charge in [-0.05, 0) is 30.5 Å². The predicted molar refractivity (Wildman–Crippen MR) is 129 cm³/mol. The Labute approximate surface area is 195 Å². The van der Waals surface area contributed by atoms with Crippen molar-refractivity contribution >= 4 is 22.8 Å². The van der Waals surface area contributed by atoms with E-state index in [1.54, 1.807) is 0 Å². The number of benzene rings is 2. The van der Waals surface area contributed by atoms with Gasteiger partial charge in [0.15, 0.2) is 0 Å². The molecule has 1 aromatic heterocycles. The van der Waals surface area contributed by atoms with Crippen LogP contribution < -0.4 is 0 Å². The van der Waals surface area contributed by atoms with Crippen molar-refractivity contribution in [3.8, 4) is 0 Å². The van der Waals surface area contributed by atoms with Gasteiger partial charge in [0.05, 0.1) is 11.0 Å². The van der Waals surface area contributed by atoms with E-state index in [2.05, 4.69) is 22.8 Å². The third-order valence-corrected chi connectivity index (χ3v) is 6.99. The molecule has 3 aromatic rings. The van der Waals surface area contributed by atoms with E-state index < -0.39 is 0 Å². The molecule has 33 heavy (non-hydrogen) atoms. The Hall–Kier alpha value is -3.15. The Morgan fingerprint density at radius 1 is 0.939 bits per heavy atom. The molecule has 172 valence electrons. The number of para-hydroxylation sites is 2. The van der Waals surface area contributed by atoms with Gasteiger partial charge in [0.2, 0.25) is 11.8 Å². The van der Waals surface area contributed by atoms with Gasteiger partial charge in [0, 0.05) is 51.5 Å². The minimum atomic E-state index is 0.0434. The van der Waals surface area contributed by atoms with Crippen molar-refractivity contribution in [1.29, 1.82) is 0 Å². The van der Waals surface area contributed by atoms with Crippen molar-refractivity contribution < 1.29 is 9.59 Å². The highest BCUT2D eigenvalue weighted by molar-refractivity contribution is 5.81. The summed E-state index contributed by atoms with van der Waals surface area (Å²) in [4.78, 5) is 34.7. The van der Waals surface area contributed by atoms with Crippen molar-refractivity contribution in [3.05, 3.63) is 66.0 Å². The SMILES string of the molecule is O=C(CCn1c(C2CC(=O)N(Cc3ccccc3)C2)nc2ccccc21)N1CCCCCC1. The van der Waals surface area contributed by atoms with Gasteiger partial charge in [-0.3, -0.25) is 9.59 Å². The molecular formula is C27H32N4O2. The maximum atomic E-state index is 13.0. The van der Waals surface area contributed by atoms with E-state index >= 15 is 0 Å². The van der Waals surface area contributed by atoms with Crippen LogP contribution in [0.4, 0.5) is 0 Å². The van der Waals surface area contributed by atoms with E-state index in [-0.39, 0.29) is 17.7 Å². The third kappa shape index (κ3) is 4.80. The Bertz CT molecular complexity index is 1120. The second-order valence-corrected chi connectivity index (χ2v) is 9.32. The molecule has 0 radical (unpaired) electrons. The lowest BCUT2D eigenvalue weighted by Gasteiger charge is -2.21. The first-order valence-corrected chi connectivity index (χ1v) is 12.2. The maximum Gasteiger partial charge on any atom is 0.224 e. The van der Waals surface area contributed by atoms with Gasteiger partial charge in [-0.1, -0.05) is 55.3 Å². The molecule has 2 aromatic carbocycles. The zero-order valence-corrected chi connectivity index (χ0v) is 19.2. The van der Waals surface area contributed by atoms with Gasteiger partial charge in [0.1, 0.15) is 5.82 Å². The van der Waals surface area contributed by atoms with Crippen LogP contribution in [-0.2, 0) is 22.7 Å². The average molecular weight is 445 g/mol. The number of imidazole rings is 1. The topological polar surface area (TPSA) is 58.4 Å². The van der Waals surface area contributed by atoms with E-state index in [0.717, 1.165) is 48.4 Å². The van der Waals surface area contributed by atoms with E-state index in [1.807, 2.05) is 46.2 Å². The smallest absolute Gasteiger partial charge is 0.224 e. The van der Waals surface area contributed by atoms with Crippen LogP contribution in [0.5, 0.6) is 0 Å². The average Bonchev–Trinajstić information content (AvgIpc) is 3.25. The number of carbonyl (C=O) groups is 2. The van der Waals surface area contributed by atoms with Crippen molar-refractivity contribution in [1.82, 2.24) is 19.4 Å². The molecule has 5 rings (SSSR count). The van der Waals surface area contributed by atoms with Gasteiger partial charge in [-0.15, -0.1) is 0 Å². The molecule has 3 heterocycles. The Balaban J connectivity index is 1.34. The van der Waals surface area contributed by atoms with Gasteiger partial charge in [-0.2, -0.15) is 0 Å². The highest BCUT2D eigenvalue weighted by atomic mass is 16.2. The summed E-state index contributed by atoms with van der Waals surface area (Å²) in [6.07, 6.45) is 5.58. The summed E-state index contributed by atoms with van der Waals surface area (Å²) < 4.78 is 2.19. The summed E-state index contributed by atoms with van der Waals surface area (Å²) in [6, 6.07) is 18.2. The van der Waals surface area contributed by atoms with Crippen LogP contribution in [0.2, 0.25) is 0 Å². The van der Waals surface area contributed by atoms with Gasteiger partial charge in [0.25, 0.3) is 0 Å². The van der Waals surface area contributed by atoms with Crippen LogP contribution >= 0.6 is 0 Å². The molecule has 6 heteroatoms. The minimum absolute atomic E-state index is 0.0434. The lowest BCUT2D eigenvalue weighted by molar-refractivity contribution is -0.131. The van der Waals surface area contributed by atoms with Crippen molar-refractivity contribution in [2.45, 2.75) is 57.5 Å². The highest BCUT2D eigenvalue weighted by Crippen LogP contribution is 2.31. The molecule has 0 N–H and O–H groups in total. The molecule has 2 amide bonds. The van der Waals surface area contributed by atoms with Crippen LogP contribution in [0.25, 0.3) is 11.0 Å². The van der Waals surface area contributed by atoms with Crippen LogP contribution in [0.15, 0.2) is 54.6 Å². The van der Waals surface area contributed by atoms with Crippen molar-refractivity contribution in [3.63, 3.8) is 0 Å². The predicted octanol–water partition coefficient (Wildman–Crippen LogP) is 4.35. The molecule has 2 aliphatic rings. The number of rotatable bonds is 6. The summed E-state index contributed by atoms with van der Waals surface area (Å²) >= 11 is 0. The number of hydrogen-bond donors (Lipinski definition) is 0. The number of nitrogens with zero attached hydrogens (tertiary/aromatic N) is 4. The number of aromatic nitrogens is 2. The lowest BCUT2D eigenvalue weighted by atomic mass is 10.1. The zero-order valence-electron chi connectivity index (χ0n) is 19.2. The van der Waals surface area contributed by atoms with E-state index in [1.165, 1.54) is 12.8 Å². The fourth-order valence-corrected chi connectivity index (χ4v) is 5.23. The summed E-state index contributed by atoms with van der Waals surface area (Å²) in [6.45, 7) is 3.65. The number of hydrogen-bond acceptors (Lipinski definition) is 3. The third-order valence-electron chi connectivity index (χ3n) is 6.99. The summed E-state index contributed by atoms with van der Waals surface area (Å²) in [5, 5.41) is 0. The normalized spacial score (nSPS) is 19.3. The molecule has 6 nitrogen and oxygen atoms in total. The fraction of sp³-hybridized carbons (Fsp3) is 0.444. The Kier molecular flexibility index (Phi) is 6.42. The van der Waals surface area contributed by atoms with Gasteiger partial charge >= 0.3 is 0 Å². The van der Waals surface area contributed by atoms with Gasteiger partial charge in [-0.25, -0.2) is 4.98 Å². The molecule has 1 unspecified atom stereocenters. The van der Waals surface area contributed by atoms with E-state index in [9.17, 15) is 9.59 Å². The summed E-state index contributed by atoms with van der Waals surface area (Å²) in [7, 11) is 0. The molecule has 1 atom stereocenters. The number of amides is 2. The number of likely N-dealkylation sites (tertiary alicyclic amines) is 2. The molecule has 0 bridgehead atoms. The summed E-state index contributed by atoms with van der Waals surface area (Å²) in [5.74, 6) is 1.38. The molecular weight excluding hydrogens is 412 g/mol. The first-order chi connectivity index (χ1) is 16.2. The first kappa shape index (κ1) is 21.7. The molecule has 2 fully saturated rings.